The van der Waals surface area contributed by atoms with Gasteiger partial charge in [0.1, 0.15) is 5.15 Å². The Morgan fingerprint density at radius 2 is 1.88 bits per heavy atom. The lowest BCUT2D eigenvalue weighted by atomic mass is 9.90. The summed E-state index contributed by atoms with van der Waals surface area (Å²) in [5.41, 5.74) is 0.899. The van der Waals surface area contributed by atoms with Gasteiger partial charge in [0.15, 0.2) is 0 Å². The Morgan fingerprint density at radius 1 is 1.19 bits per heavy atom. The molecule has 0 amide bonds. The van der Waals surface area contributed by atoms with E-state index in [2.05, 4.69) is 4.98 Å². The van der Waals surface area contributed by atoms with E-state index < -0.39 is 0 Å². The first-order valence-electron chi connectivity index (χ1n) is 6.07. The van der Waals surface area contributed by atoms with Crippen LogP contribution in [0.15, 0.2) is 18.3 Å². The number of hydrogen-bond acceptors (Lipinski definition) is 2. The van der Waals surface area contributed by atoms with Crippen molar-refractivity contribution in [3.05, 3.63) is 29.0 Å². The third-order valence-electron chi connectivity index (χ3n) is 3.44. The predicted molar refractivity (Wildman–Crippen MR) is 65.4 cm³/mol. The zero-order valence-corrected chi connectivity index (χ0v) is 10.2. The van der Waals surface area contributed by atoms with Gasteiger partial charge >= 0.3 is 0 Å². The van der Waals surface area contributed by atoms with Gasteiger partial charge in [-0.3, -0.25) is 0 Å². The summed E-state index contributed by atoms with van der Waals surface area (Å²) >= 11 is 5.74. The SMILES string of the molecule is OC(c1ccc(Cl)nc1)C1CCCCCC1. The molecule has 0 aliphatic heterocycles. The van der Waals surface area contributed by atoms with Gasteiger partial charge in [0.2, 0.25) is 0 Å². The molecule has 16 heavy (non-hydrogen) atoms. The van der Waals surface area contributed by atoms with Crippen molar-refractivity contribution in [1.29, 1.82) is 0 Å². The first-order valence-corrected chi connectivity index (χ1v) is 6.44. The molecule has 0 saturated heterocycles. The molecule has 1 aromatic heterocycles. The molecule has 3 heteroatoms. The third-order valence-corrected chi connectivity index (χ3v) is 3.66. The van der Waals surface area contributed by atoms with E-state index in [1.165, 1.54) is 25.7 Å². The van der Waals surface area contributed by atoms with Crippen LogP contribution in [-0.4, -0.2) is 10.1 Å². The second-order valence-corrected chi connectivity index (χ2v) is 5.00. The second-order valence-electron chi connectivity index (χ2n) is 4.61. The fourth-order valence-electron chi connectivity index (χ4n) is 2.46. The normalized spacial score (nSPS) is 20.4. The van der Waals surface area contributed by atoms with Gasteiger partial charge < -0.3 is 5.11 Å². The number of halogens is 1. The maximum atomic E-state index is 10.3. The van der Waals surface area contributed by atoms with Crippen molar-refractivity contribution in [2.75, 3.05) is 0 Å². The van der Waals surface area contributed by atoms with E-state index in [1.807, 2.05) is 6.07 Å². The molecule has 0 spiro atoms. The van der Waals surface area contributed by atoms with Crippen LogP contribution in [-0.2, 0) is 0 Å². The van der Waals surface area contributed by atoms with Crippen molar-refractivity contribution in [2.45, 2.75) is 44.6 Å². The summed E-state index contributed by atoms with van der Waals surface area (Å²) in [7, 11) is 0. The van der Waals surface area contributed by atoms with Gasteiger partial charge in [-0.2, -0.15) is 0 Å². The molecule has 0 aromatic carbocycles. The largest absolute Gasteiger partial charge is 0.388 e. The molecule has 1 saturated carbocycles. The molecule has 1 heterocycles. The highest BCUT2D eigenvalue weighted by molar-refractivity contribution is 6.29. The van der Waals surface area contributed by atoms with E-state index in [0.717, 1.165) is 18.4 Å². The Hall–Kier alpha value is -0.600. The number of aliphatic hydroxyl groups is 1. The fraction of sp³-hybridized carbons (Fsp3) is 0.615. The van der Waals surface area contributed by atoms with E-state index in [4.69, 9.17) is 11.6 Å². The smallest absolute Gasteiger partial charge is 0.129 e. The molecule has 1 aromatic rings. The zero-order chi connectivity index (χ0) is 11.4. The molecule has 88 valence electrons. The van der Waals surface area contributed by atoms with Gasteiger partial charge in [-0.1, -0.05) is 43.4 Å². The summed E-state index contributed by atoms with van der Waals surface area (Å²) in [6, 6.07) is 3.63. The van der Waals surface area contributed by atoms with E-state index >= 15 is 0 Å². The molecular formula is C13H18ClNO. The summed E-state index contributed by atoms with van der Waals surface area (Å²) in [6.45, 7) is 0. The topological polar surface area (TPSA) is 33.1 Å². The van der Waals surface area contributed by atoms with Gasteiger partial charge in [-0.25, -0.2) is 4.98 Å². The molecule has 2 nitrogen and oxygen atoms in total. The van der Waals surface area contributed by atoms with E-state index in [9.17, 15) is 5.11 Å². The van der Waals surface area contributed by atoms with Crippen molar-refractivity contribution >= 4 is 11.6 Å². The summed E-state index contributed by atoms with van der Waals surface area (Å²) in [4.78, 5) is 4.02. The van der Waals surface area contributed by atoms with Crippen molar-refractivity contribution < 1.29 is 5.11 Å². The molecule has 0 radical (unpaired) electrons. The third kappa shape index (κ3) is 2.96. The van der Waals surface area contributed by atoms with Crippen LogP contribution in [0.1, 0.15) is 50.2 Å². The van der Waals surface area contributed by atoms with Crippen LogP contribution in [0, 0.1) is 5.92 Å². The van der Waals surface area contributed by atoms with Crippen LogP contribution in [0.2, 0.25) is 5.15 Å². The van der Waals surface area contributed by atoms with Gasteiger partial charge in [-0.15, -0.1) is 0 Å². The average Bonchev–Trinajstić information content (AvgIpc) is 2.57. The van der Waals surface area contributed by atoms with Crippen molar-refractivity contribution in [3.63, 3.8) is 0 Å². The van der Waals surface area contributed by atoms with Gasteiger partial charge in [0.25, 0.3) is 0 Å². The molecule has 1 N–H and O–H groups in total. The summed E-state index contributed by atoms with van der Waals surface area (Å²) < 4.78 is 0. The maximum absolute atomic E-state index is 10.3. The predicted octanol–water partition coefficient (Wildman–Crippen LogP) is 3.74. The van der Waals surface area contributed by atoms with E-state index in [0.29, 0.717) is 11.1 Å². The standard InChI is InChI=1S/C13H18ClNO/c14-12-8-7-11(9-15-12)13(16)10-5-3-1-2-4-6-10/h7-10,13,16H,1-6H2. The molecule has 1 aliphatic carbocycles. The van der Waals surface area contributed by atoms with Gasteiger partial charge in [0.05, 0.1) is 6.10 Å². The number of aliphatic hydroxyl groups excluding tert-OH is 1. The van der Waals surface area contributed by atoms with Gasteiger partial charge in [-0.05, 0) is 30.4 Å². The Bertz CT molecular complexity index is 317. The van der Waals surface area contributed by atoms with Crippen LogP contribution in [0.3, 0.4) is 0 Å². The highest BCUT2D eigenvalue weighted by Crippen LogP contribution is 2.33. The number of aromatic nitrogens is 1. The average molecular weight is 240 g/mol. The first-order chi connectivity index (χ1) is 7.77. The summed E-state index contributed by atoms with van der Waals surface area (Å²) in [5, 5.41) is 10.8. The second kappa shape index (κ2) is 5.65. The highest BCUT2D eigenvalue weighted by atomic mass is 35.5. The Kier molecular flexibility index (Phi) is 4.19. The summed E-state index contributed by atoms with van der Waals surface area (Å²) in [5.74, 6) is 0.394. The van der Waals surface area contributed by atoms with Crippen molar-refractivity contribution in [3.8, 4) is 0 Å². The van der Waals surface area contributed by atoms with Crippen LogP contribution < -0.4 is 0 Å². The maximum Gasteiger partial charge on any atom is 0.129 e. The van der Waals surface area contributed by atoms with Crippen LogP contribution in [0.4, 0.5) is 0 Å². The quantitative estimate of drug-likeness (QED) is 0.630. The van der Waals surface area contributed by atoms with Crippen LogP contribution >= 0.6 is 11.6 Å². The highest BCUT2D eigenvalue weighted by Gasteiger charge is 2.22. The molecule has 0 bridgehead atoms. The minimum Gasteiger partial charge on any atom is -0.388 e. The first kappa shape index (κ1) is 11.9. The lowest BCUT2D eigenvalue weighted by molar-refractivity contribution is 0.0985. The minimum absolute atomic E-state index is 0.372. The van der Waals surface area contributed by atoms with Crippen molar-refractivity contribution in [2.24, 2.45) is 5.92 Å². The van der Waals surface area contributed by atoms with Crippen LogP contribution in [0.25, 0.3) is 0 Å². The number of nitrogens with zero attached hydrogens (tertiary/aromatic N) is 1. The Labute approximate surface area is 102 Å². The Morgan fingerprint density at radius 3 is 2.44 bits per heavy atom. The molecule has 1 atom stereocenters. The molecule has 1 aliphatic rings. The zero-order valence-electron chi connectivity index (χ0n) is 9.40. The number of pyridine rings is 1. The molecule has 1 unspecified atom stereocenters. The van der Waals surface area contributed by atoms with E-state index in [1.54, 1.807) is 12.3 Å². The number of hydrogen-bond donors (Lipinski definition) is 1. The van der Waals surface area contributed by atoms with Crippen molar-refractivity contribution in [1.82, 2.24) is 4.98 Å². The lowest BCUT2D eigenvalue weighted by Crippen LogP contribution is -2.12. The fourth-order valence-corrected chi connectivity index (χ4v) is 2.57. The van der Waals surface area contributed by atoms with Gasteiger partial charge in [0, 0.05) is 6.20 Å². The lowest BCUT2D eigenvalue weighted by Gasteiger charge is -2.21. The number of rotatable bonds is 2. The minimum atomic E-state index is -0.372. The van der Waals surface area contributed by atoms with Crippen LogP contribution in [0.5, 0.6) is 0 Å². The molecule has 2 rings (SSSR count). The molecule has 1 fully saturated rings. The summed E-state index contributed by atoms with van der Waals surface area (Å²) in [6.07, 6.45) is 8.67. The monoisotopic (exact) mass is 239 g/mol. The Balaban J connectivity index is 2.04. The molecular weight excluding hydrogens is 222 g/mol. The van der Waals surface area contributed by atoms with E-state index in [-0.39, 0.29) is 6.10 Å².